The molecular formula is C36H51ClINO3. The number of allylic oxidation sites excluding steroid dienone is 2. The summed E-state index contributed by atoms with van der Waals surface area (Å²) in [6.07, 6.45) is 21.6. The van der Waals surface area contributed by atoms with E-state index < -0.39 is 0 Å². The molecule has 2 aromatic rings. The topological polar surface area (TPSA) is 35.5 Å². The Kier molecular flexibility index (Phi) is 15.2. The first-order valence-electron chi connectivity index (χ1n) is 16.2. The van der Waals surface area contributed by atoms with Crippen molar-refractivity contribution in [2.75, 3.05) is 26.9 Å². The lowest BCUT2D eigenvalue weighted by molar-refractivity contribution is -0.915. The molecule has 0 bridgehead atoms. The van der Waals surface area contributed by atoms with Crippen LogP contribution in [0.3, 0.4) is 0 Å². The van der Waals surface area contributed by atoms with Crippen molar-refractivity contribution in [1.82, 2.24) is 0 Å². The molecule has 3 atom stereocenters. The van der Waals surface area contributed by atoms with Crippen LogP contribution in [0.5, 0.6) is 11.5 Å². The number of halogens is 2. The molecular weight excluding hydrogens is 657 g/mol. The number of benzene rings is 2. The number of rotatable bonds is 17. The maximum absolute atomic E-state index is 12.6. The number of carbonyl (C=O) groups excluding carboxylic acids is 1. The molecule has 0 aromatic heterocycles. The molecule has 232 valence electrons. The molecule has 2 aliphatic rings. The molecule has 0 saturated carbocycles. The third-order valence-electron chi connectivity index (χ3n) is 8.85. The molecule has 1 saturated heterocycles. The van der Waals surface area contributed by atoms with E-state index in [0.717, 1.165) is 48.0 Å². The number of quaternary nitrogens is 1. The van der Waals surface area contributed by atoms with Gasteiger partial charge in [0.05, 0.1) is 20.1 Å². The summed E-state index contributed by atoms with van der Waals surface area (Å²) in [4.78, 5) is 12.6. The molecule has 2 heterocycles. The zero-order valence-electron chi connectivity index (χ0n) is 25.8. The third-order valence-corrected chi connectivity index (χ3v) is 9.09. The summed E-state index contributed by atoms with van der Waals surface area (Å²) < 4.78 is 12.9. The molecule has 42 heavy (non-hydrogen) atoms. The van der Waals surface area contributed by atoms with E-state index in [1.54, 1.807) is 0 Å². The summed E-state index contributed by atoms with van der Waals surface area (Å²) in [5.41, 5.74) is 2.38. The number of carbonyl (C=O) groups is 1. The van der Waals surface area contributed by atoms with Crippen molar-refractivity contribution in [2.45, 2.75) is 109 Å². The van der Waals surface area contributed by atoms with Crippen LogP contribution < -0.4 is 28.7 Å². The maximum Gasteiger partial charge on any atom is 0.310 e. The lowest BCUT2D eigenvalue weighted by Gasteiger charge is -2.29. The summed E-state index contributed by atoms with van der Waals surface area (Å²) in [6.45, 7) is 4.47. The minimum Gasteiger partial charge on any atom is -1.00 e. The highest BCUT2D eigenvalue weighted by Crippen LogP contribution is 2.51. The molecule has 1 fully saturated rings. The number of esters is 1. The van der Waals surface area contributed by atoms with Gasteiger partial charge in [-0.1, -0.05) is 100 Å². The number of hydrogen-bond acceptors (Lipinski definition) is 3. The summed E-state index contributed by atoms with van der Waals surface area (Å²) >= 11 is 6.41. The number of fused-ring (bicyclic) bond motifs is 5. The molecule has 0 amide bonds. The SMILES string of the molecule is CCCCCCCC/C=C\CCCCCCCC(=O)OC[N+]1(C)CC2c3ccccc3Oc3ccc(Cl)cc3C2C1.[I-]. The molecule has 4 nitrogen and oxygen atoms in total. The van der Waals surface area contributed by atoms with E-state index in [2.05, 4.69) is 44.3 Å². The number of nitrogens with zero attached hydrogens (tertiary/aromatic N) is 1. The first-order valence-corrected chi connectivity index (χ1v) is 16.6. The van der Waals surface area contributed by atoms with Crippen LogP contribution in [0.25, 0.3) is 0 Å². The van der Waals surface area contributed by atoms with Crippen LogP contribution in [0.2, 0.25) is 5.02 Å². The number of likely N-dealkylation sites (tertiary alicyclic amines) is 1. The fourth-order valence-electron chi connectivity index (χ4n) is 6.55. The molecule has 0 spiro atoms. The van der Waals surface area contributed by atoms with Crippen molar-refractivity contribution in [1.29, 1.82) is 0 Å². The minimum absolute atomic E-state index is 0. The van der Waals surface area contributed by atoms with E-state index in [1.807, 2.05) is 24.3 Å². The number of likely N-dealkylation sites (N-methyl/N-ethyl adjacent to an activating group) is 1. The first kappa shape index (κ1) is 34.9. The van der Waals surface area contributed by atoms with Gasteiger partial charge in [-0.25, -0.2) is 0 Å². The standard InChI is InChI=1S/C36H51ClNO3.HI/c1-3-4-5-6-7-8-9-10-11-12-13-14-15-16-17-22-36(39)40-28-38(2)26-32-30-20-18-19-21-34(30)41-35-24-23-29(37)25-31(35)33(32)27-38;/h10-11,18-21,23-25,32-33H,3-9,12-17,22,26-28H2,1-2H3;1H/q+1;/p-1/b11-10-;. The van der Waals surface area contributed by atoms with E-state index in [1.165, 1.54) is 76.2 Å². The van der Waals surface area contributed by atoms with Gasteiger partial charge in [-0.2, -0.15) is 0 Å². The number of hydrogen-bond donors (Lipinski definition) is 0. The van der Waals surface area contributed by atoms with Gasteiger partial charge in [0.2, 0.25) is 6.73 Å². The zero-order valence-corrected chi connectivity index (χ0v) is 28.7. The summed E-state index contributed by atoms with van der Waals surface area (Å²) in [6, 6.07) is 14.3. The molecule has 0 aliphatic carbocycles. The Morgan fingerprint density at radius 3 is 2.17 bits per heavy atom. The summed E-state index contributed by atoms with van der Waals surface area (Å²) in [5.74, 6) is 2.28. The Labute approximate surface area is 276 Å². The Morgan fingerprint density at radius 2 is 1.45 bits per heavy atom. The Balaban J connectivity index is 0.00000484. The van der Waals surface area contributed by atoms with Crippen molar-refractivity contribution < 1.29 is 42.7 Å². The Hall–Kier alpha value is -1.57. The van der Waals surface area contributed by atoms with Crippen LogP contribution >= 0.6 is 11.6 Å². The predicted octanol–water partition coefficient (Wildman–Crippen LogP) is 7.32. The van der Waals surface area contributed by atoms with Gasteiger partial charge in [0.1, 0.15) is 11.5 Å². The normalized spacial score (nSPS) is 20.6. The van der Waals surface area contributed by atoms with Crippen LogP contribution in [-0.2, 0) is 9.53 Å². The van der Waals surface area contributed by atoms with Crippen molar-refractivity contribution in [2.24, 2.45) is 0 Å². The first-order chi connectivity index (χ1) is 20.0. The molecule has 0 radical (unpaired) electrons. The van der Waals surface area contributed by atoms with E-state index in [4.69, 9.17) is 21.1 Å². The smallest absolute Gasteiger partial charge is 0.310 e. The second kappa shape index (κ2) is 18.3. The van der Waals surface area contributed by atoms with Crippen molar-refractivity contribution in [3.05, 3.63) is 70.8 Å². The quantitative estimate of drug-likeness (QED) is 0.0569. The van der Waals surface area contributed by atoms with Gasteiger partial charge in [-0.15, -0.1) is 0 Å². The zero-order chi connectivity index (χ0) is 28.9. The molecule has 2 aliphatic heterocycles. The van der Waals surface area contributed by atoms with Crippen LogP contribution in [0.15, 0.2) is 54.6 Å². The minimum atomic E-state index is -0.0683. The molecule has 6 heteroatoms. The maximum atomic E-state index is 12.6. The summed E-state index contributed by atoms with van der Waals surface area (Å²) in [5, 5.41) is 0.726. The predicted molar refractivity (Wildman–Crippen MR) is 170 cm³/mol. The average Bonchev–Trinajstić information content (AvgIpc) is 3.27. The Morgan fingerprint density at radius 1 is 0.857 bits per heavy atom. The van der Waals surface area contributed by atoms with Crippen LogP contribution in [0.1, 0.15) is 120 Å². The monoisotopic (exact) mass is 707 g/mol. The van der Waals surface area contributed by atoms with Crippen LogP contribution in [0, 0.1) is 0 Å². The fraction of sp³-hybridized carbons (Fsp3) is 0.583. The van der Waals surface area contributed by atoms with E-state index in [9.17, 15) is 4.79 Å². The summed E-state index contributed by atoms with van der Waals surface area (Å²) in [7, 11) is 2.21. The van der Waals surface area contributed by atoms with Gasteiger partial charge in [0, 0.05) is 34.4 Å². The molecule has 0 N–H and O–H groups in total. The van der Waals surface area contributed by atoms with E-state index in [0.29, 0.717) is 23.6 Å². The second-order valence-electron chi connectivity index (χ2n) is 12.5. The van der Waals surface area contributed by atoms with Gasteiger partial charge in [0.15, 0.2) is 0 Å². The largest absolute Gasteiger partial charge is 1.00 e. The molecule has 4 rings (SSSR count). The number of ether oxygens (including phenoxy) is 2. The van der Waals surface area contributed by atoms with E-state index >= 15 is 0 Å². The van der Waals surface area contributed by atoms with Gasteiger partial charge >= 0.3 is 5.97 Å². The average molecular weight is 708 g/mol. The lowest BCUT2D eigenvalue weighted by Crippen LogP contribution is -3.00. The highest BCUT2D eigenvalue weighted by atomic mass is 127. The fourth-order valence-corrected chi connectivity index (χ4v) is 6.74. The lowest BCUT2D eigenvalue weighted by atomic mass is 9.84. The molecule has 3 unspecified atom stereocenters. The van der Waals surface area contributed by atoms with Crippen molar-refractivity contribution >= 4 is 17.6 Å². The van der Waals surface area contributed by atoms with Gasteiger partial charge in [-0.05, 0) is 56.4 Å². The second-order valence-corrected chi connectivity index (χ2v) is 12.9. The highest BCUT2D eigenvalue weighted by Gasteiger charge is 2.48. The van der Waals surface area contributed by atoms with Crippen molar-refractivity contribution in [3.63, 3.8) is 0 Å². The van der Waals surface area contributed by atoms with Crippen LogP contribution in [0.4, 0.5) is 0 Å². The van der Waals surface area contributed by atoms with E-state index in [-0.39, 0.29) is 35.9 Å². The Bertz CT molecular complexity index is 1140. The van der Waals surface area contributed by atoms with Crippen molar-refractivity contribution in [3.8, 4) is 11.5 Å². The van der Waals surface area contributed by atoms with Gasteiger partial charge < -0.3 is 33.5 Å². The number of para-hydroxylation sites is 1. The number of unbranched alkanes of at least 4 members (excludes halogenated alkanes) is 11. The van der Waals surface area contributed by atoms with Gasteiger partial charge in [-0.3, -0.25) is 9.28 Å². The third kappa shape index (κ3) is 10.6. The van der Waals surface area contributed by atoms with Gasteiger partial charge in [0.25, 0.3) is 0 Å². The molecule has 2 aromatic carbocycles. The van der Waals surface area contributed by atoms with Crippen LogP contribution in [-0.4, -0.2) is 37.3 Å². The highest BCUT2D eigenvalue weighted by molar-refractivity contribution is 6.30.